The Morgan fingerprint density at radius 2 is 0.980 bits per heavy atom. The lowest BCUT2D eigenvalue weighted by Crippen LogP contribution is -2.04. The topological polar surface area (TPSA) is 49.2 Å². The third-order valence-electron chi connectivity index (χ3n) is 9.26. The van der Waals surface area contributed by atoms with E-state index in [1.54, 1.807) is 0 Å². The summed E-state index contributed by atoms with van der Waals surface area (Å²) < 4.78 is 15.0. The van der Waals surface area contributed by atoms with Gasteiger partial charge in [-0.2, -0.15) is 0 Å². The molecule has 0 saturated heterocycles. The highest BCUT2D eigenvalue weighted by molar-refractivity contribution is 6.15. The minimum Gasteiger partial charge on any atom is -0.449 e. The maximum absolute atomic E-state index is 6.48. The zero-order valence-electron chi connectivity index (χ0n) is 26.2. The highest BCUT2D eigenvalue weighted by Gasteiger charge is 2.23. The number of ether oxygens (including phenoxy) is 2. The second-order valence-corrected chi connectivity index (χ2v) is 12.2. The van der Waals surface area contributed by atoms with Crippen molar-refractivity contribution in [1.29, 1.82) is 0 Å². The Labute approximate surface area is 282 Å². The van der Waals surface area contributed by atoms with Gasteiger partial charge in [-0.25, -0.2) is 9.97 Å². The lowest BCUT2D eigenvalue weighted by atomic mass is 9.99. The number of fused-ring (bicyclic) bond motifs is 6. The number of para-hydroxylation sites is 1. The third-order valence-corrected chi connectivity index (χ3v) is 9.26. The summed E-state index contributed by atoms with van der Waals surface area (Å²) in [5, 5.41) is 4.46. The van der Waals surface area contributed by atoms with E-state index in [-0.39, 0.29) is 0 Å². The average Bonchev–Trinajstić information content (AvgIpc) is 3.51. The molecule has 0 amide bonds. The molecule has 7 aromatic carbocycles. The molecule has 5 nitrogen and oxygen atoms in total. The van der Waals surface area contributed by atoms with Crippen LogP contribution >= 0.6 is 0 Å². The molecular weight excluding hydrogens is 603 g/mol. The van der Waals surface area contributed by atoms with Crippen LogP contribution < -0.4 is 9.47 Å². The van der Waals surface area contributed by atoms with Crippen molar-refractivity contribution in [2.24, 2.45) is 0 Å². The number of benzene rings is 7. The lowest BCUT2D eigenvalue weighted by Gasteiger charge is -2.22. The molecule has 0 atom stereocenters. The minimum atomic E-state index is 0.620. The Morgan fingerprint density at radius 1 is 0.408 bits per heavy atom. The summed E-state index contributed by atoms with van der Waals surface area (Å²) in [4.78, 5) is 10.4. The predicted octanol–water partition coefficient (Wildman–Crippen LogP) is 11.6. The van der Waals surface area contributed by atoms with E-state index in [4.69, 9.17) is 19.4 Å². The molecule has 0 radical (unpaired) electrons. The second kappa shape index (κ2) is 10.9. The van der Waals surface area contributed by atoms with Gasteiger partial charge in [0.1, 0.15) is 0 Å². The fourth-order valence-corrected chi connectivity index (χ4v) is 6.96. The Balaban J connectivity index is 1.16. The number of hydrogen-bond donors (Lipinski definition) is 0. The van der Waals surface area contributed by atoms with Crippen molar-refractivity contribution < 1.29 is 9.47 Å². The first-order valence-electron chi connectivity index (χ1n) is 16.3. The summed E-state index contributed by atoms with van der Waals surface area (Å²) in [6, 6.07) is 56.1. The van der Waals surface area contributed by atoms with Crippen LogP contribution in [0.2, 0.25) is 0 Å². The molecule has 230 valence electrons. The van der Waals surface area contributed by atoms with Crippen molar-refractivity contribution in [3.8, 4) is 62.6 Å². The van der Waals surface area contributed by atoms with Gasteiger partial charge in [0.2, 0.25) is 5.95 Å². The summed E-state index contributed by atoms with van der Waals surface area (Å²) in [6.07, 6.45) is 0. The molecule has 2 aromatic heterocycles. The Hall–Kier alpha value is -6.72. The molecule has 0 spiro atoms. The zero-order chi connectivity index (χ0) is 32.3. The Morgan fingerprint density at radius 3 is 1.67 bits per heavy atom. The summed E-state index contributed by atoms with van der Waals surface area (Å²) in [5.74, 6) is 3.43. The van der Waals surface area contributed by atoms with Crippen molar-refractivity contribution in [3.05, 3.63) is 164 Å². The molecule has 0 saturated carbocycles. The molecule has 10 rings (SSSR count). The number of hydrogen-bond acceptors (Lipinski definition) is 4. The van der Waals surface area contributed by atoms with E-state index in [2.05, 4.69) is 102 Å². The zero-order valence-corrected chi connectivity index (χ0v) is 26.2. The molecule has 0 N–H and O–H groups in total. The van der Waals surface area contributed by atoms with E-state index in [0.29, 0.717) is 23.2 Å². The maximum atomic E-state index is 6.48. The van der Waals surface area contributed by atoms with Gasteiger partial charge in [0.05, 0.1) is 22.4 Å². The normalized spacial score (nSPS) is 12.0. The molecule has 5 heteroatoms. The second-order valence-electron chi connectivity index (χ2n) is 12.2. The monoisotopic (exact) mass is 629 g/mol. The first kappa shape index (κ1) is 27.4. The first-order valence-corrected chi connectivity index (χ1v) is 16.3. The molecule has 0 bridgehead atoms. The Bertz CT molecular complexity index is 2660. The third kappa shape index (κ3) is 4.55. The van der Waals surface area contributed by atoms with Gasteiger partial charge in [0.15, 0.2) is 23.0 Å². The van der Waals surface area contributed by atoms with Gasteiger partial charge in [0, 0.05) is 21.9 Å². The van der Waals surface area contributed by atoms with E-state index in [9.17, 15) is 0 Å². The van der Waals surface area contributed by atoms with E-state index >= 15 is 0 Å². The predicted molar refractivity (Wildman–Crippen MR) is 197 cm³/mol. The largest absolute Gasteiger partial charge is 0.449 e. The van der Waals surface area contributed by atoms with Crippen LogP contribution in [0, 0.1) is 0 Å². The van der Waals surface area contributed by atoms with E-state index < -0.39 is 0 Å². The Kier molecular flexibility index (Phi) is 6.11. The summed E-state index contributed by atoms with van der Waals surface area (Å²) >= 11 is 0. The molecule has 49 heavy (non-hydrogen) atoms. The highest BCUT2D eigenvalue weighted by atomic mass is 16.6. The van der Waals surface area contributed by atoms with Crippen molar-refractivity contribution in [2.75, 3.05) is 0 Å². The molecular formula is C44H27N3O2. The summed E-state index contributed by atoms with van der Waals surface area (Å²) in [5.41, 5.74) is 7.99. The van der Waals surface area contributed by atoms with E-state index in [0.717, 1.165) is 72.0 Å². The van der Waals surface area contributed by atoms with Crippen molar-refractivity contribution in [3.63, 3.8) is 0 Å². The van der Waals surface area contributed by atoms with Gasteiger partial charge in [-0.3, -0.25) is 4.57 Å². The fourth-order valence-electron chi connectivity index (χ4n) is 6.96. The van der Waals surface area contributed by atoms with Gasteiger partial charge in [-0.15, -0.1) is 0 Å². The van der Waals surface area contributed by atoms with Crippen LogP contribution in [0.4, 0.5) is 0 Å². The molecule has 9 aromatic rings. The molecule has 3 heterocycles. The van der Waals surface area contributed by atoms with Crippen molar-refractivity contribution >= 4 is 32.6 Å². The van der Waals surface area contributed by atoms with Gasteiger partial charge in [-0.1, -0.05) is 121 Å². The minimum absolute atomic E-state index is 0.620. The SMILES string of the molecule is c1ccc(-c2cc(-c3ccccc3)nc(-n3c4ccccc4c4c(-c5ccc6c(c5)Oc5cc7ccccc7cc5O6)cccc43)n2)cc1. The molecule has 1 aliphatic heterocycles. The van der Waals surface area contributed by atoms with Gasteiger partial charge in [-0.05, 0) is 64.4 Å². The van der Waals surface area contributed by atoms with Crippen LogP contribution in [0.1, 0.15) is 0 Å². The van der Waals surface area contributed by atoms with Gasteiger partial charge >= 0.3 is 0 Å². The van der Waals surface area contributed by atoms with E-state index in [1.165, 1.54) is 0 Å². The number of rotatable bonds is 4. The molecule has 0 aliphatic carbocycles. The van der Waals surface area contributed by atoms with Crippen LogP contribution in [0.25, 0.3) is 72.2 Å². The smallest absolute Gasteiger partial charge is 0.235 e. The quantitative estimate of drug-likeness (QED) is 0.194. The van der Waals surface area contributed by atoms with Crippen LogP contribution in [0.15, 0.2) is 164 Å². The average molecular weight is 630 g/mol. The standard InChI is InChI=1S/C44H27N3O2/c1-3-12-28(13-4-1)35-27-36(29-14-5-2-6-15-29)46-44(45-35)47-37-20-10-9-18-34(37)43-33(19-11-21-38(43)47)32-22-23-39-40(26-32)49-42-25-31-17-8-7-16-30(31)24-41(42)48-39/h1-27H. The van der Waals surface area contributed by atoms with Crippen molar-refractivity contribution in [1.82, 2.24) is 14.5 Å². The van der Waals surface area contributed by atoms with E-state index in [1.807, 2.05) is 66.7 Å². The van der Waals surface area contributed by atoms with Gasteiger partial charge < -0.3 is 9.47 Å². The molecule has 1 aliphatic rings. The van der Waals surface area contributed by atoms with Crippen molar-refractivity contribution in [2.45, 2.75) is 0 Å². The van der Waals surface area contributed by atoms with Crippen LogP contribution in [-0.4, -0.2) is 14.5 Å². The number of aromatic nitrogens is 3. The summed E-state index contributed by atoms with van der Waals surface area (Å²) in [7, 11) is 0. The van der Waals surface area contributed by atoms with Gasteiger partial charge in [0.25, 0.3) is 0 Å². The fraction of sp³-hybridized carbons (Fsp3) is 0. The van der Waals surface area contributed by atoms with Crippen LogP contribution in [-0.2, 0) is 0 Å². The highest BCUT2D eigenvalue weighted by Crippen LogP contribution is 2.49. The van der Waals surface area contributed by atoms with Crippen LogP contribution in [0.5, 0.6) is 23.0 Å². The molecule has 0 unspecified atom stereocenters. The van der Waals surface area contributed by atoms with Crippen LogP contribution in [0.3, 0.4) is 0 Å². The molecule has 0 fully saturated rings. The summed E-state index contributed by atoms with van der Waals surface area (Å²) in [6.45, 7) is 0. The maximum Gasteiger partial charge on any atom is 0.235 e. The lowest BCUT2D eigenvalue weighted by molar-refractivity contribution is 0.360. The first-order chi connectivity index (χ1) is 24.3. The number of nitrogens with zero attached hydrogens (tertiary/aromatic N) is 3.